The molecule has 0 aliphatic carbocycles. The number of amides is 2. The molecule has 4 nitrogen and oxygen atoms in total. The zero-order chi connectivity index (χ0) is 16.7. The topological polar surface area (TPSA) is 58.2 Å². The SMILES string of the molecule is CCCCC(=O)Nc1ccc(C(=O)Nc2cccc(Cl)c2)cc1. The average Bonchev–Trinajstić information content (AvgIpc) is 2.53. The number of rotatable bonds is 6. The van der Waals surface area contributed by atoms with Gasteiger partial charge in [-0.25, -0.2) is 0 Å². The molecule has 120 valence electrons. The quantitative estimate of drug-likeness (QED) is 0.805. The largest absolute Gasteiger partial charge is 0.326 e. The maximum Gasteiger partial charge on any atom is 0.255 e. The predicted octanol–water partition coefficient (Wildman–Crippen LogP) is 4.72. The van der Waals surface area contributed by atoms with E-state index in [1.165, 1.54) is 0 Å². The summed E-state index contributed by atoms with van der Waals surface area (Å²) < 4.78 is 0. The number of nitrogens with one attached hydrogen (secondary N) is 2. The molecule has 0 saturated heterocycles. The maximum atomic E-state index is 12.2. The van der Waals surface area contributed by atoms with E-state index in [4.69, 9.17) is 11.6 Å². The molecule has 0 unspecified atom stereocenters. The molecule has 23 heavy (non-hydrogen) atoms. The van der Waals surface area contributed by atoms with Crippen LogP contribution in [0.3, 0.4) is 0 Å². The minimum Gasteiger partial charge on any atom is -0.326 e. The zero-order valence-corrected chi connectivity index (χ0v) is 13.7. The average molecular weight is 331 g/mol. The Kier molecular flexibility index (Phi) is 6.18. The molecule has 2 rings (SSSR count). The number of carbonyl (C=O) groups is 2. The number of unbranched alkanes of at least 4 members (excludes halogenated alkanes) is 1. The molecular formula is C18H19ClN2O2. The van der Waals surface area contributed by atoms with E-state index in [-0.39, 0.29) is 11.8 Å². The second-order valence-electron chi connectivity index (χ2n) is 5.19. The van der Waals surface area contributed by atoms with Gasteiger partial charge in [-0.3, -0.25) is 9.59 Å². The highest BCUT2D eigenvalue weighted by Crippen LogP contribution is 2.17. The van der Waals surface area contributed by atoms with Gasteiger partial charge < -0.3 is 10.6 Å². The van der Waals surface area contributed by atoms with Crippen LogP contribution in [0.25, 0.3) is 0 Å². The van der Waals surface area contributed by atoms with Gasteiger partial charge in [-0.05, 0) is 48.9 Å². The van der Waals surface area contributed by atoms with Crippen molar-refractivity contribution in [2.24, 2.45) is 0 Å². The monoisotopic (exact) mass is 330 g/mol. The van der Waals surface area contributed by atoms with Gasteiger partial charge in [-0.2, -0.15) is 0 Å². The Morgan fingerprint density at radius 2 is 1.74 bits per heavy atom. The first-order valence-corrected chi connectivity index (χ1v) is 7.93. The van der Waals surface area contributed by atoms with E-state index >= 15 is 0 Å². The minimum atomic E-state index is -0.226. The van der Waals surface area contributed by atoms with Crippen molar-refractivity contribution in [3.05, 3.63) is 59.1 Å². The minimum absolute atomic E-state index is 0.0111. The molecule has 0 aliphatic rings. The molecule has 0 bridgehead atoms. The fraction of sp³-hybridized carbons (Fsp3) is 0.222. The number of halogens is 1. The van der Waals surface area contributed by atoms with Crippen molar-refractivity contribution in [3.8, 4) is 0 Å². The normalized spacial score (nSPS) is 10.2. The molecule has 2 amide bonds. The number of hydrogen-bond donors (Lipinski definition) is 2. The van der Waals surface area contributed by atoms with Crippen LogP contribution in [0.5, 0.6) is 0 Å². The lowest BCUT2D eigenvalue weighted by Gasteiger charge is -2.08. The number of hydrogen-bond acceptors (Lipinski definition) is 2. The third-order valence-electron chi connectivity index (χ3n) is 3.27. The highest BCUT2D eigenvalue weighted by atomic mass is 35.5. The van der Waals surface area contributed by atoms with E-state index in [9.17, 15) is 9.59 Å². The van der Waals surface area contributed by atoms with Crippen molar-refractivity contribution in [1.29, 1.82) is 0 Å². The van der Waals surface area contributed by atoms with Gasteiger partial charge in [0.25, 0.3) is 5.91 Å². The van der Waals surface area contributed by atoms with Gasteiger partial charge in [0, 0.05) is 28.4 Å². The van der Waals surface area contributed by atoms with Crippen LogP contribution in [0.4, 0.5) is 11.4 Å². The van der Waals surface area contributed by atoms with Gasteiger partial charge in [-0.15, -0.1) is 0 Å². The maximum absolute atomic E-state index is 12.2. The second kappa shape index (κ2) is 8.34. The fourth-order valence-corrected chi connectivity index (χ4v) is 2.23. The Morgan fingerprint density at radius 1 is 1.00 bits per heavy atom. The highest BCUT2D eigenvalue weighted by Gasteiger charge is 2.07. The van der Waals surface area contributed by atoms with Gasteiger partial charge in [0.1, 0.15) is 0 Å². The standard InChI is InChI=1S/C18H19ClN2O2/c1-2-3-7-17(22)20-15-10-8-13(9-11-15)18(23)21-16-6-4-5-14(19)12-16/h4-6,8-12H,2-3,7H2,1H3,(H,20,22)(H,21,23). The molecule has 5 heteroatoms. The van der Waals surface area contributed by atoms with Gasteiger partial charge in [-0.1, -0.05) is 31.0 Å². The number of benzene rings is 2. The molecule has 0 aliphatic heterocycles. The zero-order valence-electron chi connectivity index (χ0n) is 12.9. The first kappa shape index (κ1) is 17.0. The molecule has 0 radical (unpaired) electrons. The summed E-state index contributed by atoms with van der Waals surface area (Å²) >= 11 is 5.89. The van der Waals surface area contributed by atoms with Gasteiger partial charge >= 0.3 is 0 Å². The molecule has 0 atom stereocenters. The van der Waals surface area contributed by atoms with Crippen molar-refractivity contribution in [2.45, 2.75) is 26.2 Å². The van der Waals surface area contributed by atoms with Crippen molar-refractivity contribution >= 4 is 34.8 Å². The summed E-state index contributed by atoms with van der Waals surface area (Å²) in [6.45, 7) is 2.04. The Balaban J connectivity index is 1.96. The van der Waals surface area contributed by atoms with Crippen LogP contribution < -0.4 is 10.6 Å². The van der Waals surface area contributed by atoms with E-state index < -0.39 is 0 Å². The van der Waals surface area contributed by atoms with Crippen LogP contribution in [0.15, 0.2) is 48.5 Å². The summed E-state index contributed by atoms with van der Waals surface area (Å²) in [5.74, 6) is -0.237. The molecule has 0 spiro atoms. The van der Waals surface area contributed by atoms with Crippen LogP contribution in [-0.2, 0) is 4.79 Å². The smallest absolute Gasteiger partial charge is 0.255 e. The number of anilines is 2. The van der Waals surface area contributed by atoms with Crippen molar-refractivity contribution in [1.82, 2.24) is 0 Å². The number of carbonyl (C=O) groups excluding carboxylic acids is 2. The van der Waals surface area contributed by atoms with Crippen LogP contribution in [0.1, 0.15) is 36.5 Å². The van der Waals surface area contributed by atoms with Crippen molar-refractivity contribution in [3.63, 3.8) is 0 Å². The van der Waals surface area contributed by atoms with E-state index in [0.29, 0.717) is 28.4 Å². The van der Waals surface area contributed by atoms with Gasteiger partial charge in [0.2, 0.25) is 5.91 Å². The summed E-state index contributed by atoms with van der Waals surface area (Å²) in [5.41, 5.74) is 1.83. The van der Waals surface area contributed by atoms with Crippen LogP contribution in [0.2, 0.25) is 5.02 Å². The molecule has 0 saturated carbocycles. The van der Waals surface area contributed by atoms with E-state index in [0.717, 1.165) is 12.8 Å². The summed E-state index contributed by atoms with van der Waals surface area (Å²) in [4.78, 5) is 23.8. The second-order valence-corrected chi connectivity index (χ2v) is 5.63. The van der Waals surface area contributed by atoms with Gasteiger partial charge in [0.15, 0.2) is 0 Å². The Labute approximate surface area is 140 Å². The Hall–Kier alpha value is -2.33. The van der Waals surface area contributed by atoms with Gasteiger partial charge in [0.05, 0.1) is 0 Å². The summed E-state index contributed by atoms with van der Waals surface area (Å²) in [6.07, 6.45) is 2.36. The molecule has 2 N–H and O–H groups in total. The predicted molar refractivity (Wildman–Crippen MR) is 94.0 cm³/mol. The van der Waals surface area contributed by atoms with Crippen LogP contribution in [0, 0.1) is 0 Å². The summed E-state index contributed by atoms with van der Waals surface area (Å²) in [5, 5.41) is 6.15. The molecule has 2 aromatic rings. The first-order valence-electron chi connectivity index (χ1n) is 7.55. The van der Waals surface area contributed by atoms with Crippen LogP contribution >= 0.6 is 11.6 Å². The molecule has 0 fully saturated rings. The van der Waals surface area contributed by atoms with Crippen LogP contribution in [-0.4, -0.2) is 11.8 Å². The first-order chi connectivity index (χ1) is 11.1. The molecular weight excluding hydrogens is 312 g/mol. The lowest BCUT2D eigenvalue weighted by molar-refractivity contribution is -0.116. The Morgan fingerprint density at radius 3 is 2.39 bits per heavy atom. The van der Waals surface area contributed by atoms with E-state index in [1.54, 1.807) is 48.5 Å². The Bertz CT molecular complexity index is 684. The molecule has 0 aromatic heterocycles. The third-order valence-corrected chi connectivity index (χ3v) is 3.51. The van der Waals surface area contributed by atoms with E-state index in [2.05, 4.69) is 10.6 Å². The lowest BCUT2D eigenvalue weighted by Crippen LogP contribution is -2.13. The third kappa shape index (κ3) is 5.42. The fourth-order valence-electron chi connectivity index (χ4n) is 2.04. The highest BCUT2D eigenvalue weighted by molar-refractivity contribution is 6.31. The van der Waals surface area contributed by atoms with Crippen molar-refractivity contribution in [2.75, 3.05) is 10.6 Å². The molecule has 2 aromatic carbocycles. The molecule has 0 heterocycles. The lowest BCUT2D eigenvalue weighted by atomic mass is 10.1. The van der Waals surface area contributed by atoms with Crippen molar-refractivity contribution < 1.29 is 9.59 Å². The summed E-state index contributed by atoms with van der Waals surface area (Å²) in [6, 6.07) is 13.8. The summed E-state index contributed by atoms with van der Waals surface area (Å²) in [7, 11) is 0. The van der Waals surface area contributed by atoms with E-state index in [1.807, 2.05) is 6.92 Å².